The number of halogens is 1. The molecule has 1 heterocycles. The number of aryl methyl sites for hydroxylation is 1. The number of rotatable bonds is 4. The van der Waals surface area contributed by atoms with Crippen LogP contribution in [-0.2, 0) is 14.3 Å². The van der Waals surface area contributed by atoms with Crippen LogP contribution in [0.5, 0.6) is 0 Å². The number of hydrogen-bond donors (Lipinski definition) is 1. The van der Waals surface area contributed by atoms with Crippen LogP contribution in [0.15, 0.2) is 42.5 Å². The summed E-state index contributed by atoms with van der Waals surface area (Å²) in [5.41, 5.74) is 2.18. The van der Waals surface area contributed by atoms with Crippen LogP contribution in [0.1, 0.15) is 22.3 Å². The highest BCUT2D eigenvalue weighted by Crippen LogP contribution is 2.28. The van der Waals surface area contributed by atoms with Gasteiger partial charge in [0.25, 0.3) is 0 Å². The number of hydrogen-bond acceptors (Lipinski definition) is 4. The molecule has 0 bridgehead atoms. The average Bonchev–Trinajstić information content (AvgIpc) is 3.04. The molecule has 0 radical (unpaired) electrons. The number of ether oxygens (including phenoxy) is 1. The first-order valence-electron chi connectivity index (χ1n) is 8.45. The van der Waals surface area contributed by atoms with E-state index in [0.717, 1.165) is 5.56 Å². The molecule has 27 heavy (non-hydrogen) atoms. The zero-order valence-electron chi connectivity index (χ0n) is 15.0. The molecule has 1 aliphatic rings. The number of carbonyl (C=O) groups excluding carboxylic acids is 3. The first kappa shape index (κ1) is 18.9. The molecule has 1 atom stereocenters. The van der Waals surface area contributed by atoms with Crippen molar-refractivity contribution in [3.8, 4) is 0 Å². The molecule has 0 aliphatic carbocycles. The molecule has 1 unspecified atom stereocenters. The van der Waals surface area contributed by atoms with Crippen molar-refractivity contribution in [2.75, 3.05) is 23.9 Å². The van der Waals surface area contributed by atoms with Crippen LogP contribution in [-0.4, -0.2) is 31.4 Å². The monoisotopic (exact) mass is 386 g/mol. The third-order valence-electron chi connectivity index (χ3n) is 4.45. The summed E-state index contributed by atoms with van der Waals surface area (Å²) in [6.45, 7) is 2.10. The third-order valence-corrected chi connectivity index (χ3v) is 4.69. The number of amides is 2. The van der Waals surface area contributed by atoms with E-state index in [4.69, 9.17) is 16.3 Å². The maximum absolute atomic E-state index is 12.7. The van der Waals surface area contributed by atoms with Crippen LogP contribution in [0.4, 0.5) is 11.4 Å². The van der Waals surface area contributed by atoms with E-state index in [1.165, 1.54) is 7.11 Å². The Bertz CT molecular complexity index is 913. The van der Waals surface area contributed by atoms with Crippen LogP contribution in [0.25, 0.3) is 0 Å². The molecule has 2 aromatic carbocycles. The molecule has 2 amide bonds. The molecular weight excluding hydrogens is 368 g/mol. The Labute approximate surface area is 162 Å². The van der Waals surface area contributed by atoms with Gasteiger partial charge in [-0.1, -0.05) is 29.3 Å². The van der Waals surface area contributed by atoms with Crippen molar-refractivity contribution in [3.05, 3.63) is 58.6 Å². The third kappa shape index (κ3) is 4.11. The van der Waals surface area contributed by atoms with E-state index in [0.29, 0.717) is 16.4 Å². The van der Waals surface area contributed by atoms with Crippen molar-refractivity contribution < 1.29 is 19.1 Å². The first-order chi connectivity index (χ1) is 12.9. The number of esters is 1. The average molecular weight is 387 g/mol. The van der Waals surface area contributed by atoms with Crippen LogP contribution < -0.4 is 10.2 Å². The zero-order chi connectivity index (χ0) is 19.6. The lowest BCUT2D eigenvalue weighted by atomic mass is 10.1. The van der Waals surface area contributed by atoms with E-state index in [1.807, 2.05) is 6.92 Å². The number of anilines is 2. The lowest BCUT2D eigenvalue weighted by Crippen LogP contribution is -2.28. The Hall–Kier alpha value is -2.86. The van der Waals surface area contributed by atoms with E-state index in [-0.39, 0.29) is 30.3 Å². The number of benzene rings is 2. The van der Waals surface area contributed by atoms with E-state index < -0.39 is 11.9 Å². The molecule has 1 aliphatic heterocycles. The Balaban J connectivity index is 1.76. The zero-order valence-corrected chi connectivity index (χ0v) is 15.7. The van der Waals surface area contributed by atoms with Crippen molar-refractivity contribution in [2.24, 2.45) is 5.92 Å². The number of carbonyl (C=O) groups is 3. The summed E-state index contributed by atoms with van der Waals surface area (Å²) < 4.78 is 4.78. The summed E-state index contributed by atoms with van der Waals surface area (Å²) >= 11 is 5.99. The fourth-order valence-corrected chi connectivity index (χ4v) is 3.24. The minimum absolute atomic E-state index is 0.0950. The molecule has 1 fully saturated rings. The minimum Gasteiger partial charge on any atom is -0.465 e. The Kier molecular flexibility index (Phi) is 5.46. The summed E-state index contributed by atoms with van der Waals surface area (Å²) in [6, 6.07) is 12.0. The first-order valence-corrected chi connectivity index (χ1v) is 8.82. The van der Waals surface area contributed by atoms with Gasteiger partial charge in [0, 0.05) is 23.7 Å². The molecular formula is C20H19ClN2O4. The second-order valence-electron chi connectivity index (χ2n) is 6.42. The molecule has 0 aromatic heterocycles. The van der Waals surface area contributed by atoms with Gasteiger partial charge in [-0.3, -0.25) is 9.59 Å². The highest BCUT2D eigenvalue weighted by molar-refractivity contribution is 6.31. The Morgan fingerprint density at radius 1 is 1.22 bits per heavy atom. The van der Waals surface area contributed by atoms with Crippen LogP contribution >= 0.6 is 11.6 Å². The molecule has 1 N–H and O–H groups in total. The maximum atomic E-state index is 12.7. The van der Waals surface area contributed by atoms with Gasteiger partial charge in [-0.25, -0.2) is 4.79 Å². The van der Waals surface area contributed by atoms with Gasteiger partial charge in [-0.2, -0.15) is 0 Å². The van der Waals surface area contributed by atoms with Gasteiger partial charge in [0.2, 0.25) is 11.8 Å². The fourth-order valence-electron chi connectivity index (χ4n) is 3.06. The SMILES string of the molecule is COC(=O)c1cc(C)ccc1NC(=O)C1CC(=O)N(c2cccc(Cl)c2)C1. The largest absolute Gasteiger partial charge is 0.465 e. The highest BCUT2D eigenvalue weighted by atomic mass is 35.5. The van der Waals surface area contributed by atoms with E-state index in [9.17, 15) is 14.4 Å². The van der Waals surface area contributed by atoms with Gasteiger partial charge in [0.15, 0.2) is 0 Å². The van der Waals surface area contributed by atoms with Crippen molar-refractivity contribution in [1.82, 2.24) is 0 Å². The van der Waals surface area contributed by atoms with Gasteiger partial charge in [-0.05, 0) is 37.3 Å². The normalized spacial score (nSPS) is 16.3. The summed E-state index contributed by atoms with van der Waals surface area (Å²) in [4.78, 5) is 38.5. The van der Waals surface area contributed by atoms with Gasteiger partial charge in [0.05, 0.1) is 24.3 Å². The number of nitrogens with one attached hydrogen (secondary N) is 1. The fraction of sp³-hybridized carbons (Fsp3) is 0.250. The topological polar surface area (TPSA) is 75.7 Å². The van der Waals surface area contributed by atoms with Crippen molar-refractivity contribution in [3.63, 3.8) is 0 Å². The van der Waals surface area contributed by atoms with E-state index >= 15 is 0 Å². The Morgan fingerprint density at radius 3 is 2.70 bits per heavy atom. The van der Waals surface area contributed by atoms with E-state index in [2.05, 4.69) is 5.32 Å². The second kappa shape index (κ2) is 7.80. The summed E-state index contributed by atoms with van der Waals surface area (Å²) in [6.07, 6.45) is 0.0950. The number of methoxy groups -OCH3 is 1. The molecule has 140 valence electrons. The second-order valence-corrected chi connectivity index (χ2v) is 6.85. The lowest BCUT2D eigenvalue weighted by Gasteiger charge is -2.17. The predicted molar refractivity (Wildman–Crippen MR) is 103 cm³/mol. The van der Waals surface area contributed by atoms with Gasteiger partial charge in [-0.15, -0.1) is 0 Å². The van der Waals surface area contributed by atoms with Crippen molar-refractivity contribution in [1.29, 1.82) is 0 Å². The molecule has 0 saturated carbocycles. The summed E-state index contributed by atoms with van der Waals surface area (Å²) in [5.74, 6) is -1.52. The standard InChI is InChI=1S/C20H19ClN2O4/c1-12-6-7-17(16(8-12)20(26)27-2)22-19(25)13-9-18(24)23(11-13)15-5-3-4-14(21)10-15/h3-8,10,13H,9,11H2,1-2H3,(H,22,25). The van der Waals surface area contributed by atoms with Crippen molar-refractivity contribution in [2.45, 2.75) is 13.3 Å². The molecule has 7 heteroatoms. The summed E-state index contributed by atoms with van der Waals surface area (Å²) in [7, 11) is 1.29. The summed E-state index contributed by atoms with van der Waals surface area (Å²) in [5, 5.41) is 3.28. The predicted octanol–water partition coefficient (Wildman–Crippen LogP) is 3.43. The number of nitrogens with zero attached hydrogens (tertiary/aromatic N) is 1. The van der Waals surface area contributed by atoms with E-state index in [1.54, 1.807) is 47.4 Å². The van der Waals surface area contributed by atoms with Crippen LogP contribution in [0.3, 0.4) is 0 Å². The molecule has 1 saturated heterocycles. The highest BCUT2D eigenvalue weighted by Gasteiger charge is 2.35. The van der Waals surface area contributed by atoms with Crippen molar-refractivity contribution >= 4 is 40.8 Å². The maximum Gasteiger partial charge on any atom is 0.339 e. The van der Waals surface area contributed by atoms with Crippen LogP contribution in [0, 0.1) is 12.8 Å². The van der Waals surface area contributed by atoms with Gasteiger partial charge in [0.1, 0.15) is 0 Å². The lowest BCUT2D eigenvalue weighted by molar-refractivity contribution is -0.122. The quantitative estimate of drug-likeness (QED) is 0.817. The smallest absolute Gasteiger partial charge is 0.339 e. The molecule has 0 spiro atoms. The molecule has 3 rings (SSSR count). The molecule has 6 nitrogen and oxygen atoms in total. The van der Waals surface area contributed by atoms with Gasteiger partial charge < -0.3 is 15.0 Å². The van der Waals surface area contributed by atoms with Crippen LogP contribution in [0.2, 0.25) is 5.02 Å². The van der Waals surface area contributed by atoms with Gasteiger partial charge >= 0.3 is 5.97 Å². The minimum atomic E-state index is -0.531. The Morgan fingerprint density at radius 2 is 2.00 bits per heavy atom. The molecule has 2 aromatic rings.